The number of phenolic OH excluding ortho intramolecular Hbond substituents is 1. The zero-order valence-electron chi connectivity index (χ0n) is 19.5. The first-order valence-corrected chi connectivity index (χ1v) is 12.6. The molecule has 2 N–H and O–H groups in total. The Kier molecular flexibility index (Phi) is 6.64. The standard InChI is InChI=1S/C26H25NO7S/c1-4-6-20(27-35(31,32)18-11-9-15(2)10-12-18)26(30)33-17-13-21(28)23-22(14-17)34-25-16(3)7-5-8-19(25)24(23)29/h5,7-14,20,27-28H,4,6H2,1-3H3. The van der Waals surface area contributed by atoms with Gasteiger partial charge in [0, 0.05) is 12.1 Å². The molecule has 8 nitrogen and oxygen atoms in total. The highest BCUT2D eigenvalue weighted by atomic mass is 32.2. The van der Waals surface area contributed by atoms with Crippen molar-refractivity contribution in [2.24, 2.45) is 0 Å². The Morgan fingerprint density at radius 2 is 1.83 bits per heavy atom. The van der Waals surface area contributed by atoms with E-state index in [-0.39, 0.29) is 28.0 Å². The number of benzene rings is 3. The molecule has 182 valence electrons. The summed E-state index contributed by atoms with van der Waals surface area (Å²) < 4.78 is 39.3. The SMILES string of the molecule is CCCC(NS(=O)(=O)c1ccc(C)cc1)C(=O)Oc1cc(O)c2c(=O)c3cccc(C)c3oc2c1. The largest absolute Gasteiger partial charge is 0.507 e. The van der Waals surface area contributed by atoms with Gasteiger partial charge in [-0.1, -0.05) is 43.2 Å². The van der Waals surface area contributed by atoms with Crippen LogP contribution in [0.1, 0.15) is 30.9 Å². The number of hydrogen-bond acceptors (Lipinski definition) is 7. The summed E-state index contributed by atoms with van der Waals surface area (Å²) in [5.41, 5.74) is 1.64. The van der Waals surface area contributed by atoms with Gasteiger partial charge in [-0.05, 0) is 44.0 Å². The van der Waals surface area contributed by atoms with Crippen molar-refractivity contribution in [3.63, 3.8) is 0 Å². The molecule has 0 aliphatic carbocycles. The van der Waals surface area contributed by atoms with Crippen LogP contribution in [0.4, 0.5) is 0 Å². The molecule has 9 heteroatoms. The summed E-state index contributed by atoms with van der Waals surface area (Å²) in [7, 11) is -3.97. The van der Waals surface area contributed by atoms with E-state index in [4.69, 9.17) is 9.15 Å². The molecule has 0 radical (unpaired) electrons. The zero-order valence-corrected chi connectivity index (χ0v) is 20.3. The fourth-order valence-corrected chi connectivity index (χ4v) is 5.05. The van der Waals surface area contributed by atoms with E-state index < -0.39 is 33.2 Å². The van der Waals surface area contributed by atoms with Crippen molar-refractivity contribution in [2.75, 3.05) is 0 Å². The van der Waals surface area contributed by atoms with Crippen molar-refractivity contribution in [2.45, 2.75) is 44.6 Å². The third-order valence-electron chi connectivity index (χ3n) is 5.66. The van der Waals surface area contributed by atoms with Crippen LogP contribution < -0.4 is 14.9 Å². The van der Waals surface area contributed by atoms with Crippen LogP contribution in [0.25, 0.3) is 21.9 Å². The first-order chi connectivity index (χ1) is 16.6. The maximum absolute atomic E-state index is 12.9. The molecule has 0 bridgehead atoms. The summed E-state index contributed by atoms with van der Waals surface area (Å²) in [6.07, 6.45) is 0.710. The van der Waals surface area contributed by atoms with Gasteiger partial charge < -0.3 is 14.3 Å². The molecule has 4 aromatic rings. The predicted molar refractivity (Wildman–Crippen MR) is 132 cm³/mol. The maximum atomic E-state index is 12.9. The molecule has 3 aromatic carbocycles. The van der Waals surface area contributed by atoms with Gasteiger partial charge in [-0.2, -0.15) is 4.72 Å². The van der Waals surface area contributed by atoms with Crippen LogP contribution in [0.15, 0.2) is 68.7 Å². The number of hydrogen-bond donors (Lipinski definition) is 2. The van der Waals surface area contributed by atoms with Gasteiger partial charge >= 0.3 is 5.97 Å². The van der Waals surface area contributed by atoms with Crippen molar-refractivity contribution >= 4 is 37.9 Å². The number of ether oxygens (including phenoxy) is 1. The Bertz CT molecular complexity index is 1590. The minimum Gasteiger partial charge on any atom is -0.507 e. The highest BCUT2D eigenvalue weighted by Crippen LogP contribution is 2.31. The number of nitrogens with one attached hydrogen (secondary N) is 1. The van der Waals surface area contributed by atoms with Crippen LogP contribution in [0.5, 0.6) is 11.5 Å². The van der Waals surface area contributed by atoms with Gasteiger partial charge in [-0.15, -0.1) is 0 Å². The van der Waals surface area contributed by atoms with E-state index in [1.54, 1.807) is 37.3 Å². The van der Waals surface area contributed by atoms with Crippen molar-refractivity contribution in [1.29, 1.82) is 0 Å². The van der Waals surface area contributed by atoms with Crippen LogP contribution in [0, 0.1) is 13.8 Å². The summed E-state index contributed by atoms with van der Waals surface area (Å²) in [5.74, 6) is -1.33. The first kappa shape index (κ1) is 24.4. The van der Waals surface area contributed by atoms with E-state index >= 15 is 0 Å². The number of esters is 1. The number of aromatic hydroxyl groups is 1. The molecule has 0 amide bonds. The van der Waals surface area contributed by atoms with Crippen LogP contribution in [-0.4, -0.2) is 25.5 Å². The Hall–Kier alpha value is -3.69. The Morgan fingerprint density at radius 3 is 2.51 bits per heavy atom. The summed E-state index contributed by atoms with van der Waals surface area (Å²) in [5, 5.41) is 10.8. The van der Waals surface area contributed by atoms with Gasteiger partial charge in [0.25, 0.3) is 0 Å². The quantitative estimate of drug-likeness (QED) is 0.222. The average Bonchev–Trinajstić information content (AvgIpc) is 2.79. The average molecular weight is 496 g/mol. The topological polar surface area (TPSA) is 123 Å². The van der Waals surface area contributed by atoms with Crippen molar-refractivity contribution in [3.8, 4) is 11.5 Å². The number of sulfonamides is 1. The molecule has 1 atom stereocenters. The van der Waals surface area contributed by atoms with Crippen molar-refractivity contribution in [1.82, 2.24) is 4.72 Å². The molecule has 1 heterocycles. The number of carbonyl (C=O) groups is 1. The van der Waals surface area contributed by atoms with Gasteiger partial charge in [-0.3, -0.25) is 4.79 Å². The summed E-state index contributed by atoms with van der Waals surface area (Å²) in [6, 6.07) is 12.7. The third-order valence-corrected chi connectivity index (χ3v) is 7.15. The minimum atomic E-state index is -3.97. The molecular weight excluding hydrogens is 470 g/mol. The number of fused-ring (bicyclic) bond motifs is 2. The third kappa shape index (κ3) is 4.91. The molecule has 4 rings (SSSR count). The summed E-state index contributed by atoms with van der Waals surface area (Å²) in [6.45, 7) is 5.44. The first-order valence-electron chi connectivity index (χ1n) is 11.1. The minimum absolute atomic E-state index is 0.0318. The lowest BCUT2D eigenvalue weighted by Gasteiger charge is -2.17. The Labute approximate surface area is 202 Å². The molecule has 0 spiro atoms. The summed E-state index contributed by atoms with van der Waals surface area (Å²) >= 11 is 0. The van der Waals surface area contributed by atoms with Crippen LogP contribution >= 0.6 is 0 Å². The van der Waals surface area contributed by atoms with E-state index in [1.807, 2.05) is 13.8 Å². The molecule has 0 aliphatic heterocycles. The van der Waals surface area contributed by atoms with Crippen LogP contribution in [0.3, 0.4) is 0 Å². The number of rotatable bonds is 7. The fraction of sp³-hybridized carbons (Fsp3) is 0.231. The van der Waals surface area contributed by atoms with Gasteiger partial charge in [0.15, 0.2) is 0 Å². The second kappa shape index (κ2) is 9.52. The Balaban J connectivity index is 1.66. The lowest BCUT2D eigenvalue weighted by molar-refractivity contribution is -0.136. The molecule has 0 saturated heterocycles. The molecule has 0 aliphatic rings. The number of para-hydroxylation sites is 1. The van der Waals surface area contributed by atoms with E-state index in [1.165, 1.54) is 18.2 Å². The monoisotopic (exact) mass is 495 g/mol. The molecular formula is C26H25NO7S. The smallest absolute Gasteiger partial charge is 0.329 e. The molecule has 0 saturated carbocycles. The maximum Gasteiger partial charge on any atom is 0.329 e. The lowest BCUT2D eigenvalue weighted by atomic mass is 10.1. The summed E-state index contributed by atoms with van der Waals surface area (Å²) in [4.78, 5) is 25.9. The van der Waals surface area contributed by atoms with Crippen LogP contribution in [0.2, 0.25) is 0 Å². The second-order valence-corrected chi connectivity index (χ2v) is 10.1. The Morgan fingerprint density at radius 1 is 1.11 bits per heavy atom. The van der Waals surface area contributed by atoms with Gasteiger partial charge in [0.1, 0.15) is 34.1 Å². The van der Waals surface area contributed by atoms with Gasteiger partial charge in [-0.25, -0.2) is 13.2 Å². The molecule has 1 aromatic heterocycles. The fourth-order valence-electron chi connectivity index (χ4n) is 3.83. The van der Waals surface area contributed by atoms with E-state index in [9.17, 15) is 23.1 Å². The zero-order chi connectivity index (χ0) is 25.3. The van der Waals surface area contributed by atoms with Crippen LogP contribution in [-0.2, 0) is 14.8 Å². The van der Waals surface area contributed by atoms with Gasteiger partial charge in [0.2, 0.25) is 15.5 Å². The second-order valence-electron chi connectivity index (χ2n) is 8.40. The molecule has 0 fully saturated rings. The van der Waals surface area contributed by atoms with Gasteiger partial charge in [0.05, 0.1) is 10.3 Å². The predicted octanol–water partition coefficient (Wildman–Crippen LogP) is 4.32. The van der Waals surface area contributed by atoms with Crippen molar-refractivity contribution < 1.29 is 27.5 Å². The lowest BCUT2D eigenvalue weighted by Crippen LogP contribution is -2.42. The highest BCUT2D eigenvalue weighted by Gasteiger charge is 2.27. The molecule has 35 heavy (non-hydrogen) atoms. The van der Waals surface area contributed by atoms with E-state index in [0.717, 1.165) is 17.2 Å². The number of carbonyl (C=O) groups excluding carboxylic acids is 1. The molecule has 1 unspecified atom stereocenters. The number of aryl methyl sites for hydroxylation is 2. The number of phenols is 1. The van der Waals surface area contributed by atoms with E-state index in [2.05, 4.69) is 4.72 Å². The van der Waals surface area contributed by atoms with E-state index in [0.29, 0.717) is 17.4 Å². The van der Waals surface area contributed by atoms with Crippen molar-refractivity contribution in [3.05, 3.63) is 75.9 Å². The normalized spacial score (nSPS) is 12.7. The highest BCUT2D eigenvalue weighted by molar-refractivity contribution is 7.89.